The average Bonchev–Trinajstić information content (AvgIpc) is 3.52. The lowest BCUT2D eigenvalue weighted by Gasteiger charge is -2.38. The summed E-state index contributed by atoms with van der Waals surface area (Å²) in [4.78, 5) is 32.7. The summed E-state index contributed by atoms with van der Waals surface area (Å²) in [6.45, 7) is 5.40. The van der Waals surface area contributed by atoms with E-state index in [0.29, 0.717) is 44.1 Å². The number of halogens is 1. The van der Waals surface area contributed by atoms with Gasteiger partial charge >= 0.3 is 5.97 Å². The zero-order chi connectivity index (χ0) is 27.1. The highest BCUT2D eigenvalue weighted by molar-refractivity contribution is 5.98. The molecule has 0 bridgehead atoms. The Balaban J connectivity index is 1.30. The molecule has 10 heteroatoms. The number of aryl methyl sites for hydroxylation is 1. The van der Waals surface area contributed by atoms with E-state index in [4.69, 9.17) is 9.47 Å². The first-order valence-corrected chi connectivity index (χ1v) is 13.0. The van der Waals surface area contributed by atoms with E-state index in [0.717, 1.165) is 16.8 Å². The fourth-order valence-corrected chi connectivity index (χ4v) is 5.36. The molecule has 1 N–H and O–H groups in total. The van der Waals surface area contributed by atoms with E-state index in [9.17, 15) is 14.0 Å². The number of nitrogens with one attached hydrogen (secondary N) is 1. The van der Waals surface area contributed by atoms with Crippen molar-refractivity contribution in [2.24, 2.45) is 0 Å². The molecule has 4 heterocycles. The molecule has 200 valence electrons. The Hall–Kier alpha value is -4.47. The molecule has 0 radical (unpaired) electrons. The lowest BCUT2D eigenvalue weighted by atomic mass is 9.74. The Labute approximate surface area is 224 Å². The van der Waals surface area contributed by atoms with Crippen LogP contribution < -0.4 is 10.1 Å². The number of nitrogens with zero attached hydrogens (tertiary/aromatic N) is 4. The number of hydrogen-bond donors (Lipinski definition) is 1. The van der Waals surface area contributed by atoms with Crippen molar-refractivity contribution in [3.05, 3.63) is 82.9 Å². The van der Waals surface area contributed by atoms with Crippen molar-refractivity contribution < 1.29 is 23.5 Å². The van der Waals surface area contributed by atoms with Crippen LogP contribution in [-0.4, -0.2) is 57.7 Å². The predicted molar refractivity (Wildman–Crippen MR) is 142 cm³/mol. The van der Waals surface area contributed by atoms with Crippen LogP contribution in [0.25, 0.3) is 5.65 Å². The van der Waals surface area contributed by atoms with Gasteiger partial charge in [0.15, 0.2) is 5.65 Å². The van der Waals surface area contributed by atoms with E-state index < -0.39 is 5.97 Å². The highest BCUT2D eigenvalue weighted by atomic mass is 19.1. The fraction of sp³-hybridized carbons (Fsp3) is 0.310. The summed E-state index contributed by atoms with van der Waals surface area (Å²) >= 11 is 0. The molecule has 0 atom stereocenters. The maximum absolute atomic E-state index is 13.7. The molecule has 4 aromatic rings. The molecule has 0 saturated carbocycles. The molecule has 2 aromatic heterocycles. The molecule has 2 aromatic carbocycles. The van der Waals surface area contributed by atoms with Crippen LogP contribution in [0.4, 0.5) is 15.9 Å². The summed E-state index contributed by atoms with van der Waals surface area (Å²) in [5, 5.41) is 7.65. The number of benzene rings is 2. The maximum atomic E-state index is 13.7. The molecule has 1 amide bonds. The first-order chi connectivity index (χ1) is 18.9. The molecule has 0 unspecified atom stereocenters. The van der Waals surface area contributed by atoms with E-state index in [1.807, 2.05) is 31.2 Å². The first kappa shape index (κ1) is 24.8. The lowest BCUT2D eigenvalue weighted by molar-refractivity contribution is 0.0527. The summed E-state index contributed by atoms with van der Waals surface area (Å²) in [5.41, 5.74) is 3.30. The van der Waals surface area contributed by atoms with E-state index in [1.54, 1.807) is 24.0 Å². The van der Waals surface area contributed by atoms with Crippen molar-refractivity contribution in [2.75, 3.05) is 31.6 Å². The third-order valence-electron chi connectivity index (χ3n) is 7.54. The van der Waals surface area contributed by atoms with Crippen LogP contribution in [0.15, 0.2) is 54.7 Å². The first-order valence-electron chi connectivity index (χ1n) is 13.0. The molecule has 6 rings (SSSR count). The highest BCUT2D eigenvalue weighted by Gasteiger charge is 2.44. The predicted octanol–water partition coefficient (Wildman–Crippen LogP) is 4.66. The maximum Gasteiger partial charge on any atom is 0.343 e. The summed E-state index contributed by atoms with van der Waals surface area (Å²) in [6.07, 6.45) is 2.78. The second kappa shape index (κ2) is 9.68. The van der Waals surface area contributed by atoms with Gasteiger partial charge in [0.25, 0.3) is 5.91 Å². The molecule has 2 aliphatic heterocycles. The number of anilines is 2. The van der Waals surface area contributed by atoms with Crippen molar-refractivity contribution in [1.29, 1.82) is 0 Å². The molecule has 39 heavy (non-hydrogen) atoms. The Bertz CT molecular complexity index is 1570. The lowest BCUT2D eigenvalue weighted by Crippen LogP contribution is -2.46. The molecule has 0 aliphatic carbocycles. The summed E-state index contributed by atoms with van der Waals surface area (Å²) in [5.74, 6) is -0.0370. The van der Waals surface area contributed by atoms with Gasteiger partial charge < -0.3 is 19.7 Å². The third kappa shape index (κ3) is 4.45. The van der Waals surface area contributed by atoms with Crippen LogP contribution in [-0.2, 0) is 10.2 Å². The molecular formula is C29H28FN5O4. The monoisotopic (exact) mass is 529 g/mol. The minimum absolute atomic E-state index is 0.183. The van der Waals surface area contributed by atoms with Crippen LogP contribution in [0.5, 0.6) is 5.75 Å². The van der Waals surface area contributed by atoms with Gasteiger partial charge in [-0.1, -0.05) is 23.8 Å². The molecule has 1 saturated heterocycles. The second-order valence-electron chi connectivity index (χ2n) is 10.0. The van der Waals surface area contributed by atoms with Crippen molar-refractivity contribution in [3.63, 3.8) is 0 Å². The Morgan fingerprint density at radius 1 is 1.13 bits per heavy atom. The van der Waals surface area contributed by atoms with Gasteiger partial charge in [-0.05, 0) is 44.9 Å². The van der Waals surface area contributed by atoms with Crippen molar-refractivity contribution in [1.82, 2.24) is 19.5 Å². The Morgan fingerprint density at radius 3 is 2.64 bits per heavy atom. The SMILES string of the molecule is CCOC(=O)c1cnn2c(Nc3ccc(C)cc3)cc(C(=O)N3CCC4(CC3)COc3cc(F)ccc34)nc12. The number of esters is 1. The van der Waals surface area contributed by atoms with Gasteiger partial charge in [-0.2, -0.15) is 9.61 Å². The van der Waals surface area contributed by atoms with Crippen molar-refractivity contribution in [3.8, 4) is 5.75 Å². The van der Waals surface area contributed by atoms with E-state index >= 15 is 0 Å². The normalized spacial score (nSPS) is 15.7. The number of piperidine rings is 1. The van der Waals surface area contributed by atoms with Crippen LogP contribution in [0.3, 0.4) is 0 Å². The van der Waals surface area contributed by atoms with Gasteiger partial charge in [0.1, 0.15) is 28.6 Å². The van der Waals surface area contributed by atoms with Crippen LogP contribution in [0, 0.1) is 12.7 Å². The summed E-state index contributed by atoms with van der Waals surface area (Å²) in [7, 11) is 0. The van der Waals surface area contributed by atoms with Crippen LogP contribution in [0.2, 0.25) is 0 Å². The van der Waals surface area contributed by atoms with Crippen molar-refractivity contribution in [2.45, 2.75) is 32.1 Å². The van der Waals surface area contributed by atoms with Gasteiger partial charge in [0.2, 0.25) is 0 Å². The number of ether oxygens (including phenoxy) is 2. The number of likely N-dealkylation sites (tertiary alicyclic amines) is 1. The molecule has 1 fully saturated rings. The van der Waals surface area contributed by atoms with Gasteiger partial charge in [-0.25, -0.2) is 14.2 Å². The van der Waals surface area contributed by atoms with Crippen molar-refractivity contribution >= 4 is 29.0 Å². The molecular weight excluding hydrogens is 501 g/mol. The van der Waals surface area contributed by atoms with Gasteiger partial charge in [-0.15, -0.1) is 0 Å². The van der Waals surface area contributed by atoms with Gasteiger partial charge in [-0.3, -0.25) is 4.79 Å². The second-order valence-corrected chi connectivity index (χ2v) is 10.0. The highest BCUT2D eigenvalue weighted by Crippen LogP contribution is 2.45. The topological polar surface area (TPSA) is 98.1 Å². The number of amides is 1. The molecule has 2 aliphatic rings. The largest absolute Gasteiger partial charge is 0.492 e. The van der Waals surface area contributed by atoms with Gasteiger partial charge in [0.05, 0.1) is 19.4 Å². The standard InChI is InChI=1S/C29H28FN5O4/c1-3-38-28(37)21-16-31-35-25(32-20-7-4-18(2)5-8-20)15-23(33-26(21)35)27(36)34-12-10-29(11-13-34)17-39-24-14-19(30)6-9-22(24)29/h4-9,14-16,32H,3,10-13,17H2,1-2H3. The quantitative estimate of drug-likeness (QED) is 0.376. The van der Waals surface area contributed by atoms with Crippen LogP contribution in [0.1, 0.15) is 51.7 Å². The van der Waals surface area contributed by atoms with E-state index in [1.165, 1.54) is 22.8 Å². The number of aromatic nitrogens is 3. The number of carbonyl (C=O) groups excluding carboxylic acids is 2. The molecule has 1 spiro atoms. The smallest absolute Gasteiger partial charge is 0.343 e. The minimum Gasteiger partial charge on any atom is -0.492 e. The third-order valence-corrected chi connectivity index (χ3v) is 7.54. The zero-order valence-electron chi connectivity index (χ0n) is 21.7. The number of hydrogen-bond acceptors (Lipinski definition) is 7. The number of fused-ring (bicyclic) bond motifs is 3. The summed E-state index contributed by atoms with van der Waals surface area (Å²) in [6, 6.07) is 14.1. The average molecular weight is 530 g/mol. The minimum atomic E-state index is -0.554. The zero-order valence-corrected chi connectivity index (χ0v) is 21.7. The fourth-order valence-electron chi connectivity index (χ4n) is 5.36. The summed E-state index contributed by atoms with van der Waals surface area (Å²) < 4.78 is 26.2. The Morgan fingerprint density at radius 2 is 1.90 bits per heavy atom. The van der Waals surface area contributed by atoms with Gasteiger partial charge in [0, 0.05) is 41.9 Å². The number of rotatable bonds is 5. The van der Waals surface area contributed by atoms with Crippen LogP contribution >= 0.6 is 0 Å². The van der Waals surface area contributed by atoms with E-state index in [2.05, 4.69) is 15.4 Å². The molecule has 9 nitrogen and oxygen atoms in total. The van der Waals surface area contributed by atoms with E-state index in [-0.39, 0.29) is 40.7 Å². The number of carbonyl (C=O) groups is 2. The Kier molecular flexibility index (Phi) is 6.17.